The molecule has 0 aliphatic carbocycles. The molecule has 0 aromatic heterocycles. The van der Waals surface area contributed by atoms with Crippen LogP contribution < -0.4 is 0 Å². The molecule has 17 heavy (non-hydrogen) atoms. The number of benzene rings is 1. The highest BCUT2D eigenvalue weighted by molar-refractivity contribution is 5.84. The van der Waals surface area contributed by atoms with Crippen LogP contribution in [0.1, 0.15) is 63.6 Å². The van der Waals surface area contributed by atoms with Gasteiger partial charge in [-0.2, -0.15) is 0 Å². The third-order valence-electron chi connectivity index (χ3n) is 3.28. The normalized spacial score (nSPS) is 12.3. The van der Waals surface area contributed by atoms with Crippen LogP contribution in [-0.4, -0.2) is 5.71 Å². The molecule has 0 fully saturated rings. The first-order valence-corrected chi connectivity index (χ1v) is 6.67. The summed E-state index contributed by atoms with van der Waals surface area (Å²) in [6.45, 7) is 13.1. The SMILES string of the molecule is CC/C(C)=N/c1cc(C(C)C)c(CC)cc1C. The molecule has 0 radical (unpaired) electrons. The summed E-state index contributed by atoms with van der Waals surface area (Å²) >= 11 is 0. The van der Waals surface area contributed by atoms with Crippen molar-refractivity contribution in [2.45, 2.75) is 60.3 Å². The molecular formula is C16H25N. The first-order valence-electron chi connectivity index (χ1n) is 6.67. The zero-order chi connectivity index (χ0) is 13.0. The number of aryl methyl sites for hydroxylation is 2. The van der Waals surface area contributed by atoms with Gasteiger partial charge in [0.05, 0.1) is 5.69 Å². The summed E-state index contributed by atoms with van der Waals surface area (Å²) < 4.78 is 0. The van der Waals surface area contributed by atoms with E-state index in [2.05, 4.69) is 53.7 Å². The fourth-order valence-corrected chi connectivity index (χ4v) is 2.02. The van der Waals surface area contributed by atoms with E-state index < -0.39 is 0 Å². The fourth-order valence-electron chi connectivity index (χ4n) is 2.02. The molecule has 0 spiro atoms. The number of rotatable bonds is 4. The predicted molar refractivity (Wildman–Crippen MR) is 77.7 cm³/mol. The van der Waals surface area contributed by atoms with Crippen LogP contribution in [0.2, 0.25) is 0 Å². The quantitative estimate of drug-likeness (QED) is 0.633. The Balaban J connectivity index is 3.29. The molecule has 0 bridgehead atoms. The fraction of sp³-hybridized carbons (Fsp3) is 0.562. The van der Waals surface area contributed by atoms with Gasteiger partial charge in [-0.3, -0.25) is 4.99 Å². The molecule has 1 heteroatoms. The summed E-state index contributed by atoms with van der Waals surface area (Å²) in [7, 11) is 0. The molecule has 0 unspecified atom stereocenters. The van der Waals surface area contributed by atoms with Gasteiger partial charge in [-0.25, -0.2) is 0 Å². The van der Waals surface area contributed by atoms with Gasteiger partial charge in [0.1, 0.15) is 0 Å². The predicted octanol–water partition coefficient (Wildman–Crippen LogP) is 5.18. The maximum absolute atomic E-state index is 4.71. The smallest absolute Gasteiger partial charge is 0.0661 e. The van der Waals surface area contributed by atoms with Crippen LogP contribution >= 0.6 is 0 Å². The van der Waals surface area contributed by atoms with Crippen LogP contribution in [0.4, 0.5) is 5.69 Å². The van der Waals surface area contributed by atoms with Crippen molar-refractivity contribution in [1.29, 1.82) is 0 Å². The van der Waals surface area contributed by atoms with E-state index in [0.29, 0.717) is 5.92 Å². The van der Waals surface area contributed by atoms with Gasteiger partial charge < -0.3 is 0 Å². The van der Waals surface area contributed by atoms with Crippen LogP contribution in [0.5, 0.6) is 0 Å². The molecule has 0 saturated carbocycles. The van der Waals surface area contributed by atoms with Gasteiger partial charge in [0, 0.05) is 5.71 Å². The molecule has 1 rings (SSSR count). The van der Waals surface area contributed by atoms with E-state index in [4.69, 9.17) is 4.99 Å². The number of nitrogens with zero attached hydrogens (tertiary/aromatic N) is 1. The molecule has 0 saturated heterocycles. The second-order valence-corrected chi connectivity index (χ2v) is 5.05. The van der Waals surface area contributed by atoms with Gasteiger partial charge in [-0.05, 0) is 55.4 Å². The maximum Gasteiger partial charge on any atom is 0.0661 e. The highest BCUT2D eigenvalue weighted by Crippen LogP contribution is 2.29. The van der Waals surface area contributed by atoms with Gasteiger partial charge in [-0.15, -0.1) is 0 Å². The van der Waals surface area contributed by atoms with Crippen LogP contribution in [0, 0.1) is 6.92 Å². The van der Waals surface area contributed by atoms with Crippen molar-refractivity contribution in [2.24, 2.45) is 4.99 Å². The summed E-state index contributed by atoms with van der Waals surface area (Å²) in [6.07, 6.45) is 2.12. The van der Waals surface area contributed by atoms with E-state index in [1.807, 2.05) is 0 Å². The minimum absolute atomic E-state index is 0.571. The molecule has 0 aliphatic rings. The number of hydrogen-bond donors (Lipinski definition) is 0. The monoisotopic (exact) mass is 231 g/mol. The van der Waals surface area contributed by atoms with Crippen molar-refractivity contribution >= 4 is 11.4 Å². The summed E-state index contributed by atoms with van der Waals surface area (Å²) in [4.78, 5) is 4.71. The third-order valence-corrected chi connectivity index (χ3v) is 3.28. The van der Waals surface area contributed by atoms with Crippen LogP contribution in [-0.2, 0) is 6.42 Å². The van der Waals surface area contributed by atoms with Crippen molar-refractivity contribution in [3.63, 3.8) is 0 Å². The molecule has 1 aromatic rings. The van der Waals surface area contributed by atoms with Gasteiger partial charge in [0.2, 0.25) is 0 Å². The molecule has 1 nitrogen and oxygen atoms in total. The van der Waals surface area contributed by atoms with Gasteiger partial charge in [0.15, 0.2) is 0 Å². The Bertz CT molecular complexity index is 414. The standard InChI is InChI=1S/C16H25N/c1-7-13(6)17-16-10-15(11(3)4)14(8-2)9-12(16)5/h9-11H,7-8H2,1-6H3/b17-13+. The van der Waals surface area contributed by atoms with E-state index in [9.17, 15) is 0 Å². The molecule has 0 aliphatic heterocycles. The second-order valence-electron chi connectivity index (χ2n) is 5.05. The lowest BCUT2D eigenvalue weighted by atomic mass is 9.93. The summed E-state index contributed by atoms with van der Waals surface area (Å²) in [5.74, 6) is 0.571. The first kappa shape index (κ1) is 14.0. The average Bonchev–Trinajstić information content (AvgIpc) is 2.30. The Morgan fingerprint density at radius 1 is 1.24 bits per heavy atom. The highest BCUT2D eigenvalue weighted by atomic mass is 14.7. The Morgan fingerprint density at radius 3 is 2.35 bits per heavy atom. The van der Waals surface area contributed by atoms with E-state index in [-0.39, 0.29) is 0 Å². The van der Waals surface area contributed by atoms with Crippen molar-refractivity contribution in [1.82, 2.24) is 0 Å². The minimum atomic E-state index is 0.571. The lowest BCUT2D eigenvalue weighted by molar-refractivity contribution is 0.843. The van der Waals surface area contributed by atoms with Crippen molar-refractivity contribution < 1.29 is 0 Å². The molecule has 0 heterocycles. The number of aliphatic imine (C=N–C) groups is 1. The van der Waals surface area contributed by atoms with Crippen LogP contribution in [0.3, 0.4) is 0 Å². The maximum atomic E-state index is 4.71. The van der Waals surface area contributed by atoms with Gasteiger partial charge in [-0.1, -0.05) is 33.8 Å². The second kappa shape index (κ2) is 6.00. The van der Waals surface area contributed by atoms with Crippen molar-refractivity contribution in [2.75, 3.05) is 0 Å². The van der Waals surface area contributed by atoms with Gasteiger partial charge in [0.25, 0.3) is 0 Å². The lowest BCUT2D eigenvalue weighted by Crippen LogP contribution is -1.97. The van der Waals surface area contributed by atoms with E-state index in [0.717, 1.165) is 18.5 Å². The molecule has 1 aromatic carbocycles. The van der Waals surface area contributed by atoms with Crippen LogP contribution in [0.15, 0.2) is 17.1 Å². The summed E-state index contributed by atoms with van der Waals surface area (Å²) in [5.41, 5.74) is 6.54. The van der Waals surface area contributed by atoms with E-state index in [1.54, 1.807) is 0 Å². The molecule has 94 valence electrons. The van der Waals surface area contributed by atoms with E-state index in [1.165, 1.54) is 22.4 Å². The molecule has 0 N–H and O–H groups in total. The van der Waals surface area contributed by atoms with Crippen molar-refractivity contribution in [3.8, 4) is 0 Å². The molecule has 0 amide bonds. The number of hydrogen-bond acceptors (Lipinski definition) is 1. The average molecular weight is 231 g/mol. The topological polar surface area (TPSA) is 12.4 Å². The Morgan fingerprint density at radius 2 is 1.88 bits per heavy atom. The summed E-state index contributed by atoms with van der Waals surface area (Å²) in [5, 5.41) is 0. The molecule has 0 atom stereocenters. The minimum Gasteiger partial charge on any atom is -0.258 e. The zero-order valence-corrected chi connectivity index (χ0v) is 12.1. The first-order chi connectivity index (χ1) is 7.99. The molecular weight excluding hydrogens is 206 g/mol. The van der Waals surface area contributed by atoms with E-state index >= 15 is 0 Å². The van der Waals surface area contributed by atoms with Crippen LogP contribution in [0.25, 0.3) is 0 Å². The highest BCUT2D eigenvalue weighted by Gasteiger charge is 2.09. The largest absolute Gasteiger partial charge is 0.258 e. The Hall–Kier alpha value is -1.11. The summed E-state index contributed by atoms with van der Waals surface area (Å²) in [6, 6.07) is 4.58. The lowest BCUT2D eigenvalue weighted by Gasteiger charge is -2.14. The Kier molecular flexibility index (Phi) is 4.92. The third kappa shape index (κ3) is 3.42. The van der Waals surface area contributed by atoms with Gasteiger partial charge >= 0.3 is 0 Å². The zero-order valence-electron chi connectivity index (χ0n) is 12.1. The van der Waals surface area contributed by atoms with Crippen molar-refractivity contribution in [3.05, 3.63) is 28.8 Å². The Labute approximate surface area is 106 Å².